The van der Waals surface area contributed by atoms with Crippen molar-refractivity contribution in [3.05, 3.63) is 71.3 Å². The van der Waals surface area contributed by atoms with Crippen molar-refractivity contribution in [3.8, 4) is 11.3 Å². The Kier molecular flexibility index (Phi) is 5.82. The molecular formula is C23H24N2O4. The predicted octanol–water partition coefficient (Wildman–Crippen LogP) is 4.74. The van der Waals surface area contributed by atoms with Gasteiger partial charge in [-0.1, -0.05) is 67.9 Å². The Balaban J connectivity index is 1.53. The normalized spacial score (nSPS) is 11.2. The van der Waals surface area contributed by atoms with Crippen LogP contribution in [0.25, 0.3) is 11.3 Å². The minimum atomic E-state index is -0.557. The SMILES string of the molecule is Cc1ccc(-c2cc(NC(=O)COC(=O)c3ccc(C(C)(C)C)cc3)on2)cc1. The highest BCUT2D eigenvalue weighted by atomic mass is 16.5. The van der Waals surface area contributed by atoms with E-state index in [-0.39, 0.29) is 11.3 Å². The van der Waals surface area contributed by atoms with E-state index in [2.05, 4.69) is 31.2 Å². The molecule has 1 heterocycles. The number of carbonyl (C=O) groups excluding carboxylic acids is 2. The van der Waals surface area contributed by atoms with Gasteiger partial charge in [-0.25, -0.2) is 4.79 Å². The van der Waals surface area contributed by atoms with Gasteiger partial charge in [0.25, 0.3) is 5.91 Å². The van der Waals surface area contributed by atoms with Gasteiger partial charge in [0, 0.05) is 11.6 Å². The van der Waals surface area contributed by atoms with Gasteiger partial charge in [0.05, 0.1) is 5.56 Å². The third-order valence-corrected chi connectivity index (χ3v) is 4.44. The van der Waals surface area contributed by atoms with Crippen LogP contribution in [0.1, 0.15) is 42.3 Å². The predicted molar refractivity (Wildman–Crippen MR) is 111 cm³/mol. The highest BCUT2D eigenvalue weighted by Crippen LogP contribution is 2.23. The van der Waals surface area contributed by atoms with Crippen molar-refractivity contribution in [1.82, 2.24) is 5.16 Å². The molecular weight excluding hydrogens is 368 g/mol. The lowest BCUT2D eigenvalue weighted by atomic mass is 9.87. The fourth-order valence-corrected chi connectivity index (χ4v) is 2.69. The van der Waals surface area contributed by atoms with Crippen molar-refractivity contribution in [2.45, 2.75) is 33.1 Å². The second kappa shape index (κ2) is 8.31. The molecule has 1 aromatic heterocycles. The molecule has 0 radical (unpaired) electrons. The monoisotopic (exact) mass is 392 g/mol. The van der Waals surface area contributed by atoms with Gasteiger partial charge in [-0.2, -0.15) is 0 Å². The number of amides is 1. The number of rotatable bonds is 5. The van der Waals surface area contributed by atoms with Crippen molar-refractivity contribution in [2.24, 2.45) is 0 Å². The maximum Gasteiger partial charge on any atom is 0.338 e. The quantitative estimate of drug-likeness (QED) is 0.634. The van der Waals surface area contributed by atoms with Crippen molar-refractivity contribution >= 4 is 17.8 Å². The molecule has 150 valence electrons. The van der Waals surface area contributed by atoms with Crippen molar-refractivity contribution in [1.29, 1.82) is 0 Å². The zero-order valence-electron chi connectivity index (χ0n) is 17.0. The van der Waals surface area contributed by atoms with Crippen LogP contribution >= 0.6 is 0 Å². The average molecular weight is 392 g/mol. The largest absolute Gasteiger partial charge is 0.452 e. The number of carbonyl (C=O) groups is 2. The van der Waals surface area contributed by atoms with Gasteiger partial charge in [0.1, 0.15) is 5.69 Å². The molecule has 29 heavy (non-hydrogen) atoms. The molecule has 0 aliphatic rings. The fraction of sp³-hybridized carbons (Fsp3) is 0.261. The second-order valence-corrected chi connectivity index (χ2v) is 7.89. The maximum atomic E-state index is 12.1. The van der Waals surface area contributed by atoms with E-state index in [1.807, 2.05) is 43.3 Å². The van der Waals surface area contributed by atoms with E-state index >= 15 is 0 Å². The lowest BCUT2D eigenvalue weighted by Gasteiger charge is -2.18. The van der Waals surface area contributed by atoms with E-state index in [1.165, 1.54) is 0 Å². The van der Waals surface area contributed by atoms with E-state index < -0.39 is 18.5 Å². The van der Waals surface area contributed by atoms with Crippen LogP contribution in [-0.4, -0.2) is 23.6 Å². The summed E-state index contributed by atoms with van der Waals surface area (Å²) >= 11 is 0. The molecule has 0 saturated heterocycles. The minimum Gasteiger partial charge on any atom is -0.452 e. The summed E-state index contributed by atoms with van der Waals surface area (Å²) in [7, 11) is 0. The van der Waals surface area contributed by atoms with Crippen LogP contribution in [0.3, 0.4) is 0 Å². The Morgan fingerprint density at radius 2 is 1.69 bits per heavy atom. The lowest BCUT2D eigenvalue weighted by molar-refractivity contribution is -0.119. The van der Waals surface area contributed by atoms with Crippen LogP contribution in [-0.2, 0) is 14.9 Å². The summed E-state index contributed by atoms with van der Waals surface area (Å²) < 4.78 is 10.2. The third kappa shape index (κ3) is 5.31. The lowest BCUT2D eigenvalue weighted by Crippen LogP contribution is -2.20. The van der Waals surface area contributed by atoms with Gasteiger partial charge in [-0.05, 0) is 30.0 Å². The zero-order valence-corrected chi connectivity index (χ0v) is 17.0. The third-order valence-electron chi connectivity index (χ3n) is 4.44. The van der Waals surface area contributed by atoms with Crippen LogP contribution in [0.4, 0.5) is 5.88 Å². The molecule has 6 heteroatoms. The Labute approximate surface area is 169 Å². The van der Waals surface area contributed by atoms with Crippen LogP contribution in [0.5, 0.6) is 0 Å². The fourth-order valence-electron chi connectivity index (χ4n) is 2.69. The smallest absolute Gasteiger partial charge is 0.338 e. The first kappa shape index (κ1) is 20.3. The highest BCUT2D eigenvalue weighted by Gasteiger charge is 2.16. The van der Waals surface area contributed by atoms with Crippen molar-refractivity contribution < 1.29 is 18.8 Å². The van der Waals surface area contributed by atoms with Crippen molar-refractivity contribution in [3.63, 3.8) is 0 Å². The zero-order chi connectivity index (χ0) is 21.0. The number of anilines is 1. The Morgan fingerprint density at radius 1 is 1.03 bits per heavy atom. The van der Waals surface area contributed by atoms with Gasteiger partial charge in [-0.3, -0.25) is 10.1 Å². The number of nitrogens with zero attached hydrogens (tertiary/aromatic N) is 1. The van der Waals surface area contributed by atoms with Crippen molar-refractivity contribution in [2.75, 3.05) is 11.9 Å². The molecule has 1 amide bonds. The van der Waals surface area contributed by atoms with E-state index in [1.54, 1.807) is 18.2 Å². The summed E-state index contributed by atoms with van der Waals surface area (Å²) in [5.74, 6) is -0.869. The Bertz CT molecular complexity index is 997. The first-order chi connectivity index (χ1) is 13.7. The number of ether oxygens (including phenoxy) is 1. The average Bonchev–Trinajstić information content (AvgIpc) is 3.14. The molecule has 0 aliphatic heterocycles. The molecule has 0 atom stereocenters. The topological polar surface area (TPSA) is 81.4 Å². The molecule has 0 unspecified atom stereocenters. The molecule has 0 aliphatic carbocycles. The molecule has 6 nitrogen and oxygen atoms in total. The summed E-state index contributed by atoms with van der Waals surface area (Å²) in [5, 5.41) is 6.48. The van der Waals surface area contributed by atoms with Gasteiger partial charge < -0.3 is 9.26 Å². The van der Waals surface area contributed by atoms with E-state index in [0.29, 0.717) is 11.3 Å². The molecule has 3 aromatic rings. The molecule has 3 rings (SSSR count). The number of esters is 1. The molecule has 1 N–H and O–H groups in total. The Morgan fingerprint density at radius 3 is 2.31 bits per heavy atom. The highest BCUT2D eigenvalue weighted by molar-refractivity contribution is 5.95. The van der Waals surface area contributed by atoms with Crippen LogP contribution in [0, 0.1) is 6.92 Å². The molecule has 0 saturated carbocycles. The summed E-state index contributed by atoms with van der Waals surface area (Å²) in [6.45, 7) is 7.87. The number of aryl methyl sites for hydroxylation is 1. The van der Waals surface area contributed by atoms with Crippen LogP contribution in [0.15, 0.2) is 59.1 Å². The van der Waals surface area contributed by atoms with Gasteiger partial charge >= 0.3 is 5.97 Å². The first-order valence-corrected chi connectivity index (χ1v) is 9.33. The summed E-state index contributed by atoms with van der Waals surface area (Å²) in [5.41, 5.74) is 4.13. The Hall–Kier alpha value is -3.41. The minimum absolute atomic E-state index is 0.00315. The van der Waals surface area contributed by atoms with Gasteiger partial charge in [0.15, 0.2) is 6.61 Å². The number of hydrogen-bond acceptors (Lipinski definition) is 5. The number of nitrogens with one attached hydrogen (secondary N) is 1. The van der Waals surface area contributed by atoms with Crippen LogP contribution < -0.4 is 5.32 Å². The molecule has 0 fully saturated rings. The number of aromatic nitrogens is 1. The number of hydrogen-bond donors (Lipinski definition) is 1. The molecule has 2 aromatic carbocycles. The summed E-state index contributed by atoms with van der Waals surface area (Å²) in [6, 6.07) is 16.6. The second-order valence-electron chi connectivity index (χ2n) is 7.89. The molecule has 0 bridgehead atoms. The first-order valence-electron chi connectivity index (χ1n) is 9.33. The molecule has 0 spiro atoms. The standard InChI is InChI=1S/C23H24N2O4/c1-15-5-7-16(8-6-15)19-13-21(29-25-19)24-20(26)14-28-22(27)17-9-11-18(12-10-17)23(2,3)4/h5-13H,14H2,1-4H3,(H,24,26). The van der Waals surface area contributed by atoms with Gasteiger partial charge in [0.2, 0.25) is 5.88 Å². The summed E-state index contributed by atoms with van der Waals surface area (Å²) in [6.07, 6.45) is 0. The number of benzene rings is 2. The van der Waals surface area contributed by atoms with E-state index in [0.717, 1.165) is 16.7 Å². The van der Waals surface area contributed by atoms with Gasteiger partial charge in [-0.15, -0.1) is 0 Å². The maximum absolute atomic E-state index is 12.1. The van der Waals surface area contributed by atoms with E-state index in [4.69, 9.17) is 9.26 Å². The van der Waals surface area contributed by atoms with E-state index in [9.17, 15) is 9.59 Å². The summed E-state index contributed by atoms with van der Waals surface area (Å²) in [4.78, 5) is 24.2. The van der Waals surface area contributed by atoms with Crippen LogP contribution in [0.2, 0.25) is 0 Å².